The van der Waals surface area contributed by atoms with E-state index in [-0.39, 0.29) is 6.42 Å². The number of carbonyl (C=O) groups is 1. The monoisotopic (exact) mass is 806 g/mol. The highest BCUT2D eigenvalue weighted by molar-refractivity contribution is 7.80. The molecule has 1 aliphatic rings. The Labute approximate surface area is 331 Å². The van der Waals surface area contributed by atoms with Crippen LogP contribution in [0.1, 0.15) is 155 Å². The Kier molecular flexibility index (Phi) is 30.1. The van der Waals surface area contributed by atoms with Gasteiger partial charge in [0.25, 0.3) is 0 Å². The van der Waals surface area contributed by atoms with Crippen LogP contribution in [0.3, 0.4) is 0 Å². The van der Waals surface area contributed by atoms with Crippen LogP contribution < -0.4 is 5.32 Å². The van der Waals surface area contributed by atoms with Gasteiger partial charge in [0.15, 0.2) is 6.29 Å². The first kappa shape index (κ1) is 51.3. The van der Waals surface area contributed by atoms with Crippen LogP contribution in [0.2, 0.25) is 0 Å². The third-order valence-corrected chi connectivity index (χ3v) is 10.2. The van der Waals surface area contributed by atoms with Crippen molar-refractivity contribution in [3.63, 3.8) is 0 Å². The Hall–Kier alpha value is -1.72. The van der Waals surface area contributed by atoms with Crippen molar-refractivity contribution in [2.45, 2.75) is 204 Å². The Balaban J connectivity index is 2.62. The molecule has 55 heavy (non-hydrogen) atoms. The summed E-state index contributed by atoms with van der Waals surface area (Å²) in [7, 11) is -5.12. The van der Waals surface area contributed by atoms with Gasteiger partial charge in [-0.3, -0.25) is 9.35 Å². The van der Waals surface area contributed by atoms with Gasteiger partial charge in [-0.25, -0.2) is 4.18 Å². The first-order valence-corrected chi connectivity index (χ1v) is 22.3. The smallest absolute Gasteiger partial charge is 0.394 e. The molecule has 0 bridgehead atoms. The van der Waals surface area contributed by atoms with Crippen LogP contribution in [0, 0.1) is 0 Å². The SMILES string of the molecule is CC/C=C/CC/C=C/CC/C=C/C(O)C(COC1OC(CO)C(O)C(OS(=O)(=O)O)C1O)NC(=O)C(O)CCCCCCCCCCCCCCCCCC. The molecule has 1 saturated heterocycles. The van der Waals surface area contributed by atoms with Crippen LogP contribution in [0.15, 0.2) is 36.5 Å². The molecule has 0 aliphatic carbocycles. The Morgan fingerprint density at radius 3 is 1.73 bits per heavy atom. The average Bonchev–Trinajstić information content (AvgIpc) is 3.15. The standard InChI is InChI=1S/C41H75NO12S/c1-3-5-7-9-11-13-15-16-17-18-19-20-22-24-26-28-30-35(45)40(48)42-33(34(44)29-27-25-23-21-14-12-10-8-6-4-2)32-52-41-38(47)39(54-55(49,50)51)37(46)36(31-43)53-41/h6,8,14,21,27,29,33-39,41,43-47H,3-5,7,9-13,15-20,22-26,28,30-32H2,1-2H3,(H,42,48)(H,49,50,51)/b8-6+,21-14+,29-27+. The lowest BCUT2D eigenvalue weighted by Crippen LogP contribution is -2.61. The summed E-state index contributed by atoms with van der Waals surface area (Å²) in [5.41, 5.74) is 0. The Morgan fingerprint density at radius 1 is 0.745 bits per heavy atom. The molecule has 0 aromatic carbocycles. The van der Waals surface area contributed by atoms with Crippen molar-refractivity contribution in [1.82, 2.24) is 5.32 Å². The summed E-state index contributed by atoms with van der Waals surface area (Å²) in [6, 6.07) is -1.14. The minimum absolute atomic E-state index is 0.236. The zero-order valence-electron chi connectivity index (χ0n) is 33.6. The molecule has 1 heterocycles. The van der Waals surface area contributed by atoms with E-state index in [1.54, 1.807) is 6.08 Å². The lowest BCUT2D eigenvalue weighted by molar-refractivity contribution is -0.298. The van der Waals surface area contributed by atoms with E-state index < -0.39 is 78.5 Å². The first-order chi connectivity index (χ1) is 26.4. The van der Waals surface area contributed by atoms with Crippen molar-refractivity contribution in [3.8, 4) is 0 Å². The maximum absolute atomic E-state index is 13.0. The lowest BCUT2D eigenvalue weighted by atomic mass is 9.99. The van der Waals surface area contributed by atoms with Gasteiger partial charge in [-0.15, -0.1) is 0 Å². The summed E-state index contributed by atoms with van der Waals surface area (Å²) in [6.07, 6.45) is 24.0. The van der Waals surface area contributed by atoms with Crippen molar-refractivity contribution in [1.29, 1.82) is 0 Å². The molecule has 1 aliphatic heterocycles. The zero-order chi connectivity index (χ0) is 40.7. The minimum Gasteiger partial charge on any atom is -0.394 e. The second-order valence-electron chi connectivity index (χ2n) is 14.7. The highest BCUT2D eigenvalue weighted by Gasteiger charge is 2.48. The minimum atomic E-state index is -5.12. The second kappa shape index (κ2) is 32.3. The molecule has 0 aromatic rings. The van der Waals surface area contributed by atoms with Gasteiger partial charge in [0.2, 0.25) is 5.91 Å². The highest BCUT2D eigenvalue weighted by atomic mass is 32.3. The summed E-state index contributed by atoms with van der Waals surface area (Å²) in [6.45, 7) is 3.04. The molecule has 7 N–H and O–H groups in total. The number of amides is 1. The number of allylic oxidation sites excluding steroid dienone is 5. The second-order valence-corrected chi connectivity index (χ2v) is 15.7. The molecule has 8 unspecified atom stereocenters. The lowest BCUT2D eigenvalue weighted by Gasteiger charge is -2.41. The first-order valence-electron chi connectivity index (χ1n) is 21.0. The predicted octanol–water partition coefficient (Wildman–Crippen LogP) is 6.13. The largest absolute Gasteiger partial charge is 0.397 e. The van der Waals surface area contributed by atoms with Crippen molar-refractivity contribution in [2.24, 2.45) is 0 Å². The van der Waals surface area contributed by atoms with Gasteiger partial charge in [-0.05, 0) is 38.5 Å². The number of ether oxygens (including phenoxy) is 2. The number of nitrogens with one attached hydrogen (secondary N) is 1. The molecule has 0 radical (unpaired) electrons. The van der Waals surface area contributed by atoms with E-state index in [1.165, 1.54) is 83.1 Å². The van der Waals surface area contributed by atoms with E-state index in [0.717, 1.165) is 44.9 Å². The third kappa shape index (κ3) is 25.3. The van der Waals surface area contributed by atoms with Crippen LogP contribution in [-0.4, -0.2) is 107 Å². The molecular formula is C41H75NO12S. The number of aliphatic hydroxyl groups excluding tert-OH is 5. The van der Waals surface area contributed by atoms with Crippen molar-refractivity contribution < 1.29 is 57.0 Å². The van der Waals surface area contributed by atoms with E-state index >= 15 is 0 Å². The number of hydrogen-bond acceptors (Lipinski definition) is 11. The summed E-state index contributed by atoms with van der Waals surface area (Å²) in [5.74, 6) is -0.719. The summed E-state index contributed by atoms with van der Waals surface area (Å²) in [4.78, 5) is 13.0. The third-order valence-electron chi connectivity index (χ3n) is 9.77. The van der Waals surface area contributed by atoms with Crippen molar-refractivity contribution in [2.75, 3.05) is 13.2 Å². The van der Waals surface area contributed by atoms with Gasteiger partial charge < -0.3 is 40.3 Å². The topological polar surface area (TPSA) is 212 Å². The van der Waals surface area contributed by atoms with Gasteiger partial charge in [0.1, 0.15) is 30.5 Å². The molecule has 14 heteroatoms. The van der Waals surface area contributed by atoms with Crippen LogP contribution in [0.5, 0.6) is 0 Å². The molecule has 322 valence electrons. The molecular weight excluding hydrogens is 731 g/mol. The number of unbranched alkanes of at least 4 members (excludes halogenated alkanes) is 17. The number of carbonyl (C=O) groups excluding carboxylic acids is 1. The number of hydrogen-bond donors (Lipinski definition) is 7. The van der Waals surface area contributed by atoms with Crippen LogP contribution in [0.25, 0.3) is 0 Å². The Morgan fingerprint density at radius 2 is 1.24 bits per heavy atom. The zero-order valence-corrected chi connectivity index (χ0v) is 34.4. The summed E-state index contributed by atoms with van der Waals surface area (Å²) in [5, 5.41) is 54.9. The number of aliphatic hydroxyl groups is 5. The van der Waals surface area contributed by atoms with Crippen LogP contribution in [0.4, 0.5) is 0 Å². The molecule has 1 rings (SSSR count). The molecule has 8 atom stereocenters. The molecule has 0 spiro atoms. The van der Waals surface area contributed by atoms with E-state index in [4.69, 9.17) is 14.0 Å². The predicted molar refractivity (Wildman–Crippen MR) is 214 cm³/mol. The molecule has 1 fully saturated rings. The van der Waals surface area contributed by atoms with Crippen molar-refractivity contribution in [3.05, 3.63) is 36.5 Å². The molecule has 0 saturated carbocycles. The number of rotatable bonds is 34. The quantitative estimate of drug-likeness (QED) is 0.0223. The molecule has 0 aromatic heterocycles. The average molecular weight is 806 g/mol. The van der Waals surface area contributed by atoms with Crippen LogP contribution >= 0.6 is 0 Å². The summed E-state index contributed by atoms with van der Waals surface area (Å²) >= 11 is 0. The van der Waals surface area contributed by atoms with E-state index in [1.807, 2.05) is 6.08 Å². The molecule has 1 amide bonds. The Bertz CT molecular complexity index is 1150. The van der Waals surface area contributed by atoms with Gasteiger partial charge in [-0.1, -0.05) is 153 Å². The summed E-state index contributed by atoms with van der Waals surface area (Å²) < 4.78 is 47.3. The fourth-order valence-corrected chi connectivity index (χ4v) is 6.95. The normalized spacial score (nSPS) is 22.5. The van der Waals surface area contributed by atoms with E-state index in [2.05, 4.69) is 41.6 Å². The van der Waals surface area contributed by atoms with Gasteiger partial charge >= 0.3 is 10.4 Å². The van der Waals surface area contributed by atoms with Gasteiger partial charge in [0.05, 0.1) is 25.4 Å². The maximum Gasteiger partial charge on any atom is 0.397 e. The van der Waals surface area contributed by atoms with Gasteiger partial charge in [-0.2, -0.15) is 8.42 Å². The fraction of sp³-hybridized carbons (Fsp3) is 0.829. The van der Waals surface area contributed by atoms with Crippen molar-refractivity contribution >= 4 is 16.3 Å². The molecule has 13 nitrogen and oxygen atoms in total. The van der Waals surface area contributed by atoms with E-state index in [9.17, 15) is 38.7 Å². The maximum atomic E-state index is 13.0. The van der Waals surface area contributed by atoms with Gasteiger partial charge in [0, 0.05) is 0 Å². The van der Waals surface area contributed by atoms with Crippen LogP contribution in [-0.2, 0) is 28.9 Å². The van der Waals surface area contributed by atoms with E-state index in [0.29, 0.717) is 12.8 Å². The fourth-order valence-electron chi connectivity index (χ4n) is 6.44. The highest BCUT2D eigenvalue weighted by Crippen LogP contribution is 2.26.